The highest BCUT2D eigenvalue weighted by molar-refractivity contribution is 5.85. The predicted octanol–water partition coefficient (Wildman–Crippen LogP) is 1.77. The zero-order valence-electron chi connectivity index (χ0n) is 12.9. The summed E-state index contributed by atoms with van der Waals surface area (Å²) in [5, 5.41) is 2.90. The number of nitrogens with two attached hydrogens (primary N) is 1. The maximum Gasteiger partial charge on any atom is 0.224 e. The van der Waals surface area contributed by atoms with E-state index in [1.165, 1.54) is 0 Å². The van der Waals surface area contributed by atoms with E-state index in [1.54, 1.807) is 0 Å². The highest BCUT2D eigenvalue weighted by Gasteiger charge is 2.28. The van der Waals surface area contributed by atoms with Gasteiger partial charge in [-0.05, 0) is 38.4 Å². The van der Waals surface area contributed by atoms with Crippen LogP contribution in [0.4, 0.5) is 0 Å². The van der Waals surface area contributed by atoms with Gasteiger partial charge in [-0.1, -0.05) is 6.07 Å². The Morgan fingerprint density at radius 1 is 1.50 bits per heavy atom. The first-order valence-electron chi connectivity index (χ1n) is 7.35. The number of nitrogens with zero attached hydrogens (tertiary/aromatic N) is 2. The monoisotopic (exact) mass is 348 g/mol. The van der Waals surface area contributed by atoms with Crippen LogP contribution in [0.5, 0.6) is 0 Å². The third-order valence-electron chi connectivity index (χ3n) is 3.93. The number of likely N-dealkylation sites (tertiary alicyclic amines) is 1. The average molecular weight is 349 g/mol. The topological polar surface area (TPSA) is 71.2 Å². The molecule has 7 heteroatoms. The summed E-state index contributed by atoms with van der Waals surface area (Å²) in [5.41, 5.74) is 6.49. The van der Waals surface area contributed by atoms with Crippen LogP contribution in [0.25, 0.3) is 0 Å². The minimum atomic E-state index is 0. The van der Waals surface area contributed by atoms with E-state index in [0.29, 0.717) is 13.1 Å². The van der Waals surface area contributed by atoms with Crippen LogP contribution in [-0.2, 0) is 4.79 Å². The molecule has 2 rings (SSSR count). The number of amides is 1. The summed E-state index contributed by atoms with van der Waals surface area (Å²) in [6.45, 7) is 5.03. The van der Waals surface area contributed by atoms with Crippen LogP contribution in [0.2, 0.25) is 0 Å². The Morgan fingerprint density at radius 3 is 2.91 bits per heavy atom. The zero-order valence-corrected chi connectivity index (χ0v) is 14.5. The van der Waals surface area contributed by atoms with E-state index < -0.39 is 0 Å². The van der Waals surface area contributed by atoms with Crippen molar-refractivity contribution in [1.29, 1.82) is 0 Å². The zero-order chi connectivity index (χ0) is 14.4. The number of pyridine rings is 1. The maximum absolute atomic E-state index is 12.1. The fourth-order valence-electron chi connectivity index (χ4n) is 2.72. The van der Waals surface area contributed by atoms with Crippen LogP contribution < -0.4 is 11.1 Å². The van der Waals surface area contributed by atoms with Gasteiger partial charge in [0.15, 0.2) is 0 Å². The molecule has 1 saturated heterocycles. The van der Waals surface area contributed by atoms with Gasteiger partial charge >= 0.3 is 0 Å². The van der Waals surface area contributed by atoms with Crippen LogP contribution in [0.3, 0.4) is 0 Å². The lowest BCUT2D eigenvalue weighted by Gasteiger charge is -2.35. The number of hydrogen-bond donors (Lipinski definition) is 2. The highest BCUT2D eigenvalue weighted by atomic mass is 35.5. The van der Waals surface area contributed by atoms with E-state index in [1.807, 2.05) is 24.4 Å². The summed E-state index contributed by atoms with van der Waals surface area (Å²) in [7, 11) is 0. The SMILES string of the molecule is CC(c1ccccn1)N1CCCC(C(=O)NCCN)C1.Cl.Cl. The molecule has 1 aromatic rings. The molecule has 1 fully saturated rings. The largest absolute Gasteiger partial charge is 0.355 e. The van der Waals surface area contributed by atoms with Gasteiger partial charge < -0.3 is 11.1 Å². The van der Waals surface area contributed by atoms with Gasteiger partial charge in [0.2, 0.25) is 5.91 Å². The van der Waals surface area contributed by atoms with Crippen molar-refractivity contribution in [2.24, 2.45) is 11.7 Å². The summed E-state index contributed by atoms with van der Waals surface area (Å²) in [4.78, 5) is 18.8. The predicted molar refractivity (Wildman–Crippen MR) is 93.5 cm³/mol. The van der Waals surface area contributed by atoms with E-state index >= 15 is 0 Å². The van der Waals surface area contributed by atoms with E-state index in [-0.39, 0.29) is 42.7 Å². The number of nitrogens with one attached hydrogen (secondary N) is 1. The van der Waals surface area contributed by atoms with Gasteiger partial charge in [-0.2, -0.15) is 0 Å². The first-order valence-corrected chi connectivity index (χ1v) is 7.35. The second kappa shape index (κ2) is 10.8. The molecule has 0 aliphatic carbocycles. The summed E-state index contributed by atoms with van der Waals surface area (Å²) in [6, 6.07) is 6.23. The lowest BCUT2D eigenvalue weighted by molar-refractivity contribution is -0.126. The van der Waals surface area contributed by atoms with Crippen molar-refractivity contribution in [3.63, 3.8) is 0 Å². The molecule has 1 aliphatic heterocycles. The number of rotatable bonds is 5. The molecule has 2 unspecified atom stereocenters. The van der Waals surface area contributed by atoms with E-state index in [2.05, 4.69) is 22.1 Å². The molecule has 5 nitrogen and oxygen atoms in total. The normalized spacial score (nSPS) is 19.5. The molecule has 3 N–H and O–H groups in total. The van der Waals surface area contributed by atoms with Gasteiger partial charge in [0.05, 0.1) is 11.6 Å². The molecule has 0 saturated carbocycles. The van der Waals surface area contributed by atoms with Gasteiger partial charge in [-0.15, -0.1) is 24.8 Å². The van der Waals surface area contributed by atoms with Crippen molar-refractivity contribution < 1.29 is 4.79 Å². The van der Waals surface area contributed by atoms with E-state index in [9.17, 15) is 4.79 Å². The first-order chi connectivity index (χ1) is 9.72. The van der Waals surface area contributed by atoms with Gasteiger partial charge in [-0.25, -0.2) is 0 Å². The molecule has 0 spiro atoms. The Bertz CT molecular complexity index is 433. The molecule has 22 heavy (non-hydrogen) atoms. The van der Waals surface area contributed by atoms with Crippen LogP contribution >= 0.6 is 24.8 Å². The van der Waals surface area contributed by atoms with Crippen molar-refractivity contribution in [3.8, 4) is 0 Å². The van der Waals surface area contributed by atoms with Crippen molar-refractivity contribution in [2.75, 3.05) is 26.2 Å². The molecule has 0 bridgehead atoms. The average Bonchev–Trinajstić information content (AvgIpc) is 2.52. The number of halogens is 2. The number of piperidine rings is 1. The minimum Gasteiger partial charge on any atom is -0.355 e. The molecule has 0 aromatic carbocycles. The van der Waals surface area contributed by atoms with Crippen molar-refractivity contribution >= 4 is 30.7 Å². The Labute approximate surface area is 144 Å². The summed E-state index contributed by atoms with van der Waals surface area (Å²) >= 11 is 0. The molecule has 2 atom stereocenters. The lowest BCUT2D eigenvalue weighted by Crippen LogP contribution is -2.44. The second-order valence-corrected chi connectivity index (χ2v) is 5.34. The van der Waals surface area contributed by atoms with Gasteiger partial charge in [0.25, 0.3) is 0 Å². The highest BCUT2D eigenvalue weighted by Crippen LogP contribution is 2.25. The van der Waals surface area contributed by atoms with Crippen molar-refractivity contribution in [3.05, 3.63) is 30.1 Å². The molecule has 126 valence electrons. The third kappa shape index (κ3) is 5.72. The van der Waals surface area contributed by atoms with E-state index in [4.69, 9.17) is 5.73 Å². The summed E-state index contributed by atoms with van der Waals surface area (Å²) in [5.74, 6) is 0.204. The molecule has 1 amide bonds. The molecular weight excluding hydrogens is 323 g/mol. The Balaban J connectivity index is 0.00000220. The van der Waals surface area contributed by atoms with Crippen LogP contribution in [0.1, 0.15) is 31.5 Å². The lowest BCUT2D eigenvalue weighted by atomic mass is 9.95. The van der Waals surface area contributed by atoms with Crippen LogP contribution in [0, 0.1) is 5.92 Å². The van der Waals surface area contributed by atoms with Crippen molar-refractivity contribution in [1.82, 2.24) is 15.2 Å². The Morgan fingerprint density at radius 2 is 2.27 bits per heavy atom. The molecule has 2 heterocycles. The summed E-state index contributed by atoms with van der Waals surface area (Å²) in [6.07, 6.45) is 3.83. The van der Waals surface area contributed by atoms with Crippen LogP contribution in [-0.4, -0.2) is 42.0 Å². The van der Waals surface area contributed by atoms with Gasteiger partial charge in [0.1, 0.15) is 0 Å². The van der Waals surface area contributed by atoms with Crippen molar-refractivity contribution in [2.45, 2.75) is 25.8 Å². The van der Waals surface area contributed by atoms with Crippen LogP contribution in [0.15, 0.2) is 24.4 Å². The molecule has 1 aliphatic rings. The number of aromatic nitrogens is 1. The standard InChI is InChI=1S/C15H24N4O.2ClH/c1-12(14-6-2-3-8-17-14)19-10-4-5-13(11-19)15(20)18-9-7-16;;/h2-3,6,8,12-13H,4-5,7,9-11,16H2,1H3,(H,18,20);2*1H. The molecular formula is C15H26Cl2N4O. The quantitative estimate of drug-likeness (QED) is 0.850. The Kier molecular flexibility index (Phi) is 10.3. The molecule has 1 aromatic heterocycles. The summed E-state index contributed by atoms with van der Waals surface area (Å²) < 4.78 is 0. The van der Waals surface area contributed by atoms with Gasteiger partial charge in [-0.3, -0.25) is 14.7 Å². The Hall–Kier alpha value is -0.880. The van der Waals surface area contributed by atoms with E-state index in [0.717, 1.165) is 31.6 Å². The number of carbonyl (C=O) groups is 1. The molecule has 0 radical (unpaired) electrons. The van der Waals surface area contributed by atoms with Gasteiger partial charge in [0, 0.05) is 31.9 Å². The smallest absolute Gasteiger partial charge is 0.224 e. The maximum atomic E-state index is 12.1. The third-order valence-corrected chi connectivity index (χ3v) is 3.93. The first kappa shape index (κ1) is 21.1. The number of carbonyl (C=O) groups excluding carboxylic acids is 1. The second-order valence-electron chi connectivity index (χ2n) is 5.34. The fourth-order valence-corrected chi connectivity index (χ4v) is 2.72. The fraction of sp³-hybridized carbons (Fsp3) is 0.600. The minimum absolute atomic E-state index is 0. The number of hydrogen-bond acceptors (Lipinski definition) is 4.